The molecule has 0 aromatic carbocycles. The lowest BCUT2D eigenvalue weighted by Gasteiger charge is -1.84. The number of rotatable bonds is 2. The molecule has 0 amide bonds. The van der Waals surface area contributed by atoms with Crippen LogP contribution in [0.1, 0.15) is 13.3 Å². The molecule has 36 valence electrons. The molecule has 0 radical (unpaired) electrons. The van der Waals surface area contributed by atoms with Crippen LogP contribution in [0.4, 0.5) is 0 Å². The maximum Gasteiger partial charge on any atom is 0.00663 e. The van der Waals surface area contributed by atoms with E-state index in [1.807, 2.05) is 0 Å². The van der Waals surface area contributed by atoms with Crippen LogP contribution >= 0.6 is 12.6 Å². The van der Waals surface area contributed by atoms with E-state index in [4.69, 9.17) is 5.41 Å². The van der Waals surface area contributed by atoms with E-state index >= 15 is 0 Å². The largest absolute Gasteiger partial charge is 0.310 e. The van der Waals surface area contributed by atoms with E-state index in [1.54, 1.807) is 6.92 Å². The molecule has 0 saturated heterocycles. The summed E-state index contributed by atoms with van der Waals surface area (Å²) in [6.07, 6.45) is 0.823. The molecular weight excluding hydrogens is 94.1 g/mol. The van der Waals surface area contributed by atoms with E-state index in [0.29, 0.717) is 5.71 Å². The first-order valence-corrected chi connectivity index (χ1v) is 2.55. The second-order valence-electron chi connectivity index (χ2n) is 1.25. The SMILES string of the molecule is CC(=N)CCS. The third-order valence-electron chi connectivity index (χ3n) is 0.487. The monoisotopic (exact) mass is 103 g/mol. The van der Waals surface area contributed by atoms with Crippen molar-refractivity contribution < 1.29 is 0 Å². The van der Waals surface area contributed by atoms with Crippen LogP contribution in [0.5, 0.6) is 0 Å². The number of nitrogens with one attached hydrogen (secondary N) is 1. The first-order chi connectivity index (χ1) is 2.77. The van der Waals surface area contributed by atoms with Crippen molar-refractivity contribution in [1.82, 2.24) is 0 Å². The standard InChI is InChI=1S/C4H9NS/c1-4(5)2-3-6/h5-6H,2-3H2,1H3. The van der Waals surface area contributed by atoms with Gasteiger partial charge in [-0.3, -0.25) is 0 Å². The first-order valence-electron chi connectivity index (χ1n) is 1.92. The highest BCUT2D eigenvalue weighted by Crippen LogP contribution is 1.82. The molecular formula is C4H9NS. The molecule has 6 heavy (non-hydrogen) atoms. The summed E-state index contributed by atoms with van der Waals surface area (Å²) in [6, 6.07) is 0. The van der Waals surface area contributed by atoms with E-state index in [1.165, 1.54) is 0 Å². The van der Waals surface area contributed by atoms with Crippen molar-refractivity contribution in [2.45, 2.75) is 13.3 Å². The Kier molecular flexibility index (Phi) is 3.23. The summed E-state index contributed by atoms with van der Waals surface area (Å²) in [6.45, 7) is 1.79. The van der Waals surface area contributed by atoms with Crippen LogP contribution in [0, 0.1) is 5.41 Å². The lowest BCUT2D eigenvalue weighted by molar-refractivity contribution is 1.25. The summed E-state index contributed by atoms with van der Waals surface area (Å²) in [5.41, 5.74) is 0.713. The Labute approximate surface area is 43.7 Å². The number of hydrogen-bond acceptors (Lipinski definition) is 2. The van der Waals surface area contributed by atoms with Gasteiger partial charge in [0.25, 0.3) is 0 Å². The van der Waals surface area contributed by atoms with Crippen LogP contribution in [0.25, 0.3) is 0 Å². The van der Waals surface area contributed by atoms with Crippen molar-refractivity contribution in [3.8, 4) is 0 Å². The number of thiol groups is 1. The van der Waals surface area contributed by atoms with Gasteiger partial charge in [0, 0.05) is 5.71 Å². The van der Waals surface area contributed by atoms with Crippen LogP contribution in [0.15, 0.2) is 0 Å². The minimum absolute atomic E-state index is 0.713. The Balaban J connectivity index is 2.83. The summed E-state index contributed by atoms with van der Waals surface area (Å²) < 4.78 is 0. The fourth-order valence-electron chi connectivity index (χ4n) is 0.168. The Hall–Kier alpha value is 0.0200. The maximum atomic E-state index is 6.85. The third-order valence-corrected chi connectivity index (χ3v) is 0.710. The molecule has 0 aromatic rings. The lowest BCUT2D eigenvalue weighted by Crippen LogP contribution is -1.86. The van der Waals surface area contributed by atoms with Gasteiger partial charge in [-0.1, -0.05) is 0 Å². The van der Waals surface area contributed by atoms with Crippen LogP contribution in [-0.4, -0.2) is 11.5 Å². The van der Waals surface area contributed by atoms with Crippen molar-refractivity contribution in [1.29, 1.82) is 5.41 Å². The fourth-order valence-corrected chi connectivity index (χ4v) is 0.503. The summed E-state index contributed by atoms with van der Waals surface area (Å²) in [7, 11) is 0. The Bertz CT molecular complexity index is 51.5. The molecule has 2 heteroatoms. The molecule has 0 aliphatic rings. The fraction of sp³-hybridized carbons (Fsp3) is 0.750. The molecule has 0 bridgehead atoms. The molecule has 0 aliphatic heterocycles. The van der Waals surface area contributed by atoms with Gasteiger partial charge in [0.2, 0.25) is 0 Å². The first kappa shape index (κ1) is 6.02. The second-order valence-corrected chi connectivity index (χ2v) is 1.70. The van der Waals surface area contributed by atoms with Gasteiger partial charge in [0.05, 0.1) is 0 Å². The Morgan fingerprint density at radius 2 is 2.33 bits per heavy atom. The van der Waals surface area contributed by atoms with Crippen molar-refractivity contribution in [3.05, 3.63) is 0 Å². The second kappa shape index (κ2) is 3.22. The van der Waals surface area contributed by atoms with E-state index in [-0.39, 0.29) is 0 Å². The highest BCUT2D eigenvalue weighted by Gasteiger charge is 1.79. The van der Waals surface area contributed by atoms with Crippen LogP contribution in [-0.2, 0) is 0 Å². The molecule has 0 aromatic heterocycles. The summed E-state index contributed by atoms with van der Waals surface area (Å²) in [5, 5.41) is 6.85. The van der Waals surface area contributed by atoms with Gasteiger partial charge in [0.15, 0.2) is 0 Å². The van der Waals surface area contributed by atoms with Crippen molar-refractivity contribution in [2.24, 2.45) is 0 Å². The summed E-state index contributed by atoms with van der Waals surface area (Å²) >= 11 is 3.92. The molecule has 0 rings (SSSR count). The van der Waals surface area contributed by atoms with Crippen molar-refractivity contribution >= 4 is 18.3 Å². The molecule has 1 N–H and O–H groups in total. The highest BCUT2D eigenvalue weighted by molar-refractivity contribution is 7.80. The zero-order valence-electron chi connectivity index (χ0n) is 3.86. The van der Waals surface area contributed by atoms with Crippen molar-refractivity contribution in [3.63, 3.8) is 0 Å². The molecule has 0 saturated carbocycles. The molecule has 0 spiro atoms. The normalized spacial score (nSPS) is 8.33. The molecule has 0 heterocycles. The van der Waals surface area contributed by atoms with Crippen LogP contribution in [0.2, 0.25) is 0 Å². The number of hydrogen-bond donors (Lipinski definition) is 2. The van der Waals surface area contributed by atoms with Crippen LogP contribution in [0.3, 0.4) is 0 Å². The van der Waals surface area contributed by atoms with Gasteiger partial charge >= 0.3 is 0 Å². The average Bonchev–Trinajstić information content (AvgIpc) is 1.35. The smallest absolute Gasteiger partial charge is 0.00663 e. The minimum Gasteiger partial charge on any atom is -0.310 e. The molecule has 0 unspecified atom stereocenters. The van der Waals surface area contributed by atoms with Gasteiger partial charge < -0.3 is 5.41 Å². The minimum atomic E-state index is 0.713. The molecule has 1 nitrogen and oxygen atoms in total. The van der Waals surface area contributed by atoms with Crippen molar-refractivity contribution in [2.75, 3.05) is 5.75 Å². The lowest BCUT2D eigenvalue weighted by atomic mass is 10.3. The zero-order chi connectivity index (χ0) is 4.99. The zero-order valence-corrected chi connectivity index (χ0v) is 4.76. The predicted octanol–water partition coefficient (Wildman–Crippen LogP) is 1.35. The van der Waals surface area contributed by atoms with Gasteiger partial charge in [0.1, 0.15) is 0 Å². The Morgan fingerprint density at radius 3 is 2.33 bits per heavy atom. The van der Waals surface area contributed by atoms with Crippen LogP contribution < -0.4 is 0 Å². The molecule has 0 aliphatic carbocycles. The van der Waals surface area contributed by atoms with E-state index < -0.39 is 0 Å². The predicted molar refractivity (Wildman–Crippen MR) is 31.9 cm³/mol. The van der Waals surface area contributed by atoms with E-state index in [0.717, 1.165) is 12.2 Å². The maximum absolute atomic E-state index is 6.85. The summed E-state index contributed by atoms with van der Waals surface area (Å²) in [5.74, 6) is 0.801. The van der Waals surface area contributed by atoms with E-state index in [2.05, 4.69) is 12.6 Å². The third kappa shape index (κ3) is 4.02. The average molecular weight is 103 g/mol. The Morgan fingerprint density at radius 1 is 1.83 bits per heavy atom. The summed E-state index contributed by atoms with van der Waals surface area (Å²) in [4.78, 5) is 0. The van der Waals surface area contributed by atoms with Gasteiger partial charge in [-0.2, -0.15) is 12.6 Å². The quantitative estimate of drug-likeness (QED) is 0.389. The topological polar surface area (TPSA) is 23.9 Å². The van der Waals surface area contributed by atoms with Gasteiger partial charge in [-0.05, 0) is 19.1 Å². The van der Waals surface area contributed by atoms with Gasteiger partial charge in [-0.15, -0.1) is 0 Å². The molecule has 0 atom stereocenters. The van der Waals surface area contributed by atoms with Gasteiger partial charge in [-0.25, -0.2) is 0 Å². The molecule has 0 fully saturated rings. The van der Waals surface area contributed by atoms with E-state index in [9.17, 15) is 0 Å². The highest BCUT2D eigenvalue weighted by atomic mass is 32.1.